The molecule has 0 saturated carbocycles. The van der Waals surface area contributed by atoms with Gasteiger partial charge in [0.25, 0.3) is 0 Å². The molecular weight excluding hydrogens is 412 g/mol. The number of β-amino-alcohol motifs (C(OH)–C–C–N with tert-alkyl or cyclic N) is 1. The smallest absolute Gasteiger partial charge is 0.133 e. The largest absolute Gasteiger partial charge is 0.486 e. The molecule has 0 radical (unpaired) electrons. The molecule has 33 heavy (non-hydrogen) atoms. The van der Waals surface area contributed by atoms with Crippen LogP contribution in [-0.2, 0) is 7.05 Å². The maximum absolute atomic E-state index is 11.1. The minimum Gasteiger partial charge on any atom is -0.486 e. The summed E-state index contributed by atoms with van der Waals surface area (Å²) in [6.45, 7) is 2.29. The minimum atomic E-state index is -0.535. The Hall–Kier alpha value is -2.86. The van der Waals surface area contributed by atoms with Crippen molar-refractivity contribution in [2.24, 2.45) is 7.05 Å². The van der Waals surface area contributed by atoms with Crippen LogP contribution in [0.4, 0.5) is 0 Å². The fourth-order valence-electron chi connectivity index (χ4n) is 5.79. The van der Waals surface area contributed by atoms with Crippen molar-refractivity contribution >= 4 is 21.7 Å². The number of aromatic nitrogens is 1. The van der Waals surface area contributed by atoms with Gasteiger partial charge in [-0.1, -0.05) is 54.6 Å². The maximum atomic E-state index is 11.1. The molecule has 1 aromatic heterocycles. The van der Waals surface area contributed by atoms with Crippen molar-refractivity contribution in [1.82, 2.24) is 9.47 Å². The number of aliphatic hydroxyl groups excluding tert-OH is 2. The number of rotatable bonds is 3. The fourth-order valence-corrected chi connectivity index (χ4v) is 5.79. The van der Waals surface area contributed by atoms with Crippen molar-refractivity contribution in [3.05, 3.63) is 78.0 Å². The zero-order valence-electron chi connectivity index (χ0n) is 18.9. The van der Waals surface area contributed by atoms with E-state index in [2.05, 4.69) is 39.8 Å². The highest BCUT2D eigenvalue weighted by Gasteiger charge is 2.43. The summed E-state index contributed by atoms with van der Waals surface area (Å²) in [6.07, 6.45) is 3.31. The third kappa shape index (κ3) is 3.52. The lowest BCUT2D eigenvalue weighted by atomic mass is 9.81. The summed E-state index contributed by atoms with van der Waals surface area (Å²) in [7, 11) is 2.02. The Morgan fingerprint density at radius 1 is 1.00 bits per heavy atom. The number of nitrogens with zero attached hydrogens (tertiary/aromatic N) is 2. The van der Waals surface area contributed by atoms with Gasteiger partial charge in [-0.3, -0.25) is 0 Å². The van der Waals surface area contributed by atoms with Crippen LogP contribution in [0, 0.1) is 0 Å². The summed E-state index contributed by atoms with van der Waals surface area (Å²) in [4.78, 5) is 2.33. The maximum Gasteiger partial charge on any atom is 0.133 e. The summed E-state index contributed by atoms with van der Waals surface area (Å²) < 4.78 is 8.77. The number of aryl methyl sites for hydroxylation is 1. The van der Waals surface area contributed by atoms with E-state index in [0.29, 0.717) is 13.0 Å². The van der Waals surface area contributed by atoms with E-state index in [9.17, 15) is 10.2 Å². The van der Waals surface area contributed by atoms with Crippen molar-refractivity contribution in [2.75, 3.05) is 19.6 Å². The Labute approximate surface area is 193 Å². The number of hydrogen-bond acceptors (Lipinski definition) is 4. The molecule has 2 atom stereocenters. The molecule has 4 aromatic rings. The first-order valence-electron chi connectivity index (χ1n) is 11.9. The van der Waals surface area contributed by atoms with Crippen LogP contribution in [0.5, 0.6) is 5.75 Å². The zero-order chi connectivity index (χ0) is 22.6. The standard InChI is InChI=1S/C28H30N2O3/c1-29-17-23(21-8-4-5-9-24(21)29)26(32)18-30-14-12-28(13-15-30)16-25(31)22-11-10-19-6-2-3-7-20(19)27(22)33-28/h2-11,17,25-26,31-32H,12-16,18H2,1H3/t25-,26+/m1/s1. The molecule has 2 aliphatic rings. The molecule has 1 spiro atoms. The lowest BCUT2D eigenvalue weighted by Crippen LogP contribution is -2.51. The molecule has 5 nitrogen and oxygen atoms in total. The summed E-state index contributed by atoms with van der Waals surface area (Å²) in [5.41, 5.74) is 2.67. The first-order chi connectivity index (χ1) is 16.0. The SMILES string of the molecule is Cn1cc([C@@H](O)CN2CCC3(CC2)C[C@@H](O)c2ccc4ccccc4c2O3)c2ccccc21. The van der Waals surface area contributed by atoms with E-state index >= 15 is 0 Å². The van der Waals surface area contributed by atoms with Crippen LogP contribution in [-0.4, -0.2) is 44.9 Å². The number of aliphatic hydroxyl groups is 2. The normalized spacial score (nSPS) is 21.2. The van der Waals surface area contributed by atoms with Gasteiger partial charge in [-0.2, -0.15) is 0 Å². The number of para-hydroxylation sites is 1. The second-order valence-electron chi connectivity index (χ2n) is 9.74. The Morgan fingerprint density at radius 2 is 1.73 bits per heavy atom. The molecule has 5 heteroatoms. The molecular formula is C28H30N2O3. The first-order valence-corrected chi connectivity index (χ1v) is 11.9. The molecule has 170 valence electrons. The quantitative estimate of drug-likeness (QED) is 0.482. The summed E-state index contributed by atoms with van der Waals surface area (Å²) in [5.74, 6) is 0.844. The van der Waals surface area contributed by atoms with E-state index in [0.717, 1.165) is 64.5 Å². The average Bonchev–Trinajstić information content (AvgIpc) is 3.17. The molecule has 2 aliphatic heterocycles. The van der Waals surface area contributed by atoms with Gasteiger partial charge in [-0.05, 0) is 24.3 Å². The molecule has 0 unspecified atom stereocenters. The van der Waals surface area contributed by atoms with Gasteiger partial charge in [0, 0.05) is 66.7 Å². The van der Waals surface area contributed by atoms with Crippen LogP contribution in [0.1, 0.15) is 42.6 Å². The zero-order valence-corrected chi connectivity index (χ0v) is 18.9. The second kappa shape index (κ2) is 7.87. The Kier molecular flexibility index (Phi) is 4.94. The van der Waals surface area contributed by atoms with Crippen molar-refractivity contribution in [3.8, 4) is 5.75 Å². The molecule has 1 fully saturated rings. The molecule has 0 aliphatic carbocycles. The lowest BCUT2D eigenvalue weighted by molar-refractivity contribution is -0.0576. The Balaban J connectivity index is 1.19. The Bertz CT molecular complexity index is 1320. The van der Waals surface area contributed by atoms with E-state index in [1.807, 2.05) is 43.6 Å². The minimum absolute atomic E-state index is 0.350. The van der Waals surface area contributed by atoms with E-state index in [1.165, 1.54) is 0 Å². The predicted molar refractivity (Wildman–Crippen MR) is 130 cm³/mol. The third-order valence-electron chi connectivity index (χ3n) is 7.64. The summed E-state index contributed by atoms with van der Waals surface area (Å²) in [6, 6.07) is 20.5. The van der Waals surface area contributed by atoms with Crippen LogP contribution >= 0.6 is 0 Å². The van der Waals surface area contributed by atoms with E-state index < -0.39 is 12.2 Å². The number of piperidine rings is 1. The molecule has 1 saturated heterocycles. The number of ether oxygens (including phenoxy) is 1. The summed E-state index contributed by atoms with van der Waals surface area (Å²) in [5, 5.41) is 25.3. The average molecular weight is 443 g/mol. The van der Waals surface area contributed by atoms with Crippen molar-refractivity contribution in [1.29, 1.82) is 0 Å². The van der Waals surface area contributed by atoms with E-state index in [-0.39, 0.29) is 5.60 Å². The van der Waals surface area contributed by atoms with Crippen molar-refractivity contribution in [2.45, 2.75) is 37.1 Å². The van der Waals surface area contributed by atoms with Gasteiger partial charge in [0.05, 0.1) is 12.2 Å². The van der Waals surface area contributed by atoms with Gasteiger partial charge >= 0.3 is 0 Å². The second-order valence-corrected chi connectivity index (χ2v) is 9.74. The molecule has 3 heterocycles. The summed E-state index contributed by atoms with van der Waals surface area (Å²) >= 11 is 0. The highest BCUT2D eigenvalue weighted by molar-refractivity contribution is 5.90. The predicted octanol–water partition coefficient (Wildman–Crippen LogP) is 4.72. The van der Waals surface area contributed by atoms with Gasteiger partial charge in [0.2, 0.25) is 0 Å². The molecule has 0 amide bonds. The molecule has 0 bridgehead atoms. The monoisotopic (exact) mass is 442 g/mol. The first kappa shape index (κ1) is 20.7. The topological polar surface area (TPSA) is 57.9 Å². The fraction of sp³-hybridized carbons (Fsp3) is 0.357. The van der Waals surface area contributed by atoms with E-state index in [1.54, 1.807) is 0 Å². The number of benzene rings is 3. The molecule has 2 N–H and O–H groups in total. The lowest BCUT2D eigenvalue weighted by Gasteiger charge is -2.46. The van der Waals surface area contributed by atoms with Gasteiger partial charge < -0.3 is 24.4 Å². The van der Waals surface area contributed by atoms with Crippen LogP contribution in [0.2, 0.25) is 0 Å². The number of hydrogen-bond donors (Lipinski definition) is 2. The third-order valence-corrected chi connectivity index (χ3v) is 7.64. The van der Waals surface area contributed by atoms with Crippen molar-refractivity contribution in [3.63, 3.8) is 0 Å². The van der Waals surface area contributed by atoms with Gasteiger partial charge in [0.15, 0.2) is 0 Å². The Morgan fingerprint density at radius 3 is 2.55 bits per heavy atom. The van der Waals surface area contributed by atoms with Gasteiger partial charge in [-0.15, -0.1) is 0 Å². The van der Waals surface area contributed by atoms with Crippen LogP contribution in [0.3, 0.4) is 0 Å². The van der Waals surface area contributed by atoms with Gasteiger partial charge in [-0.25, -0.2) is 0 Å². The number of fused-ring (bicyclic) bond motifs is 4. The van der Waals surface area contributed by atoms with Crippen LogP contribution in [0.15, 0.2) is 66.9 Å². The van der Waals surface area contributed by atoms with Crippen molar-refractivity contribution < 1.29 is 14.9 Å². The van der Waals surface area contributed by atoms with Gasteiger partial charge in [0.1, 0.15) is 11.4 Å². The van der Waals surface area contributed by atoms with Crippen LogP contribution < -0.4 is 4.74 Å². The molecule has 6 rings (SSSR count). The van der Waals surface area contributed by atoms with E-state index in [4.69, 9.17) is 4.74 Å². The number of likely N-dealkylation sites (tertiary alicyclic amines) is 1. The highest BCUT2D eigenvalue weighted by Crippen LogP contribution is 2.47. The molecule has 3 aromatic carbocycles. The van der Waals surface area contributed by atoms with Crippen LogP contribution in [0.25, 0.3) is 21.7 Å². The highest BCUT2D eigenvalue weighted by atomic mass is 16.5.